The fourth-order valence-corrected chi connectivity index (χ4v) is 5.73. The number of benzene rings is 3. The van der Waals surface area contributed by atoms with Crippen molar-refractivity contribution in [3.63, 3.8) is 0 Å². The number of hydrogen-bond donors (Lipinski definition) is 1. The zero-order valence-corrected chi connectivity index (χ0v) is 25.9. The van der Waals surface area contributed by atoms with E-state index in [9.17, 15) is 18.0 Å². The second kappa shape index (κ2) is 14.5. The molecule has 3 aromatic carbocycles. The lowest BCUT2D eigenvalue weighted by atomic mass is 10.0. The predicted molar refractivity (Wildman–Crippen MR) is 165 cm³/mol. The maximum Gasteiger partial charge on any atom is 0.304 e. The number of hydrogen-bond acceptors (Lipinski definition) is 4. The molecule has 0 bridgehead atoms. The van der Waals surface area contributed by atoms with Gasteiger partial charge in [-0.25, -0.2) is 4.31 Å². The molecule has 0 heterocycles. The molecular formula is C31H39ClN4O4S. The third-order valence-corrected chi connectivity index (χ3v) is 8.95. The van der Waals surface area contributed by atoms with Crippen LogP contribution in [-0.2, 0) is 32.8 Å². The fraction of sp³-hybridized carbons (Fsp3) is 0.355. The molecule has 0 radical (unpaired) electrons. The molecule has 1 N–H and O–H groups in total. The first-order chi connectivity index (χ1) is 19.4. The number of halogens is 1. The van der Waals surface area contributed by atoms with Gasteiger partial charge in [0.1, 0.15) is 12.6 Å². The monoisotopic (exact) mass is 598 g/mol. The average Bonchev–Trinajstić information content (AvgIpc) is 2.94. The summed E-state index contributed by atoms with van der Waals surface area (Å²) in [6, 6.07) is 21.1. The van der Waals surface area contributed by atoms with Crippen molar-refractivity contribution in [2.75, 3.05) is 31.5 Å². The summed E-state index contributed by atoms with van der Waals surface area (Å²) in [5.74, 6) is -0.839. The van der Waals surface area contributed by atoms with Crippen LogP contribution in [0.1, 0.15) is 35.6 Å². The van der Waals surface area contributed by atoms with Crippen LogP contribution in [0.15, 0.2) is 72.8 Å². The average molecular weight is 599 g/mol. The molecule has 0 spiro atoms. The quantitative estimate of drug-likeness (QED) is 0.308. The first kappa shape index (κ1) is 32.1. The van der Waals surface area contributed by atoms with Gasteiger partial charge in [0.05, 0.1) is 5.69 Å². The number of nitrogens with one attached hydrogen (secondary N) is 1. The number of carbonyl (C=O) groups excluding carboxylic acids is 2. The van der Waals surface area contributed by atoms with Gasteiger partial charge in [0, 0.05) is 38.6 Å². The highest BCUT2D eigenvalue weighted by Gasteiger charge is 2.35. The summed E-state index contributed by atoms with van der Waals surface area (Å²) in [5, 5.41) is 3.38. The lowest BCUT2D eigenvalue weighted by Crippen LogP contribution is -2.54. The Labute approximate surface area is 249 Å². The highest BCUT2D eigenvalue weighted by Crippen LogP contribution is 2.27. The summed E-state index contributed by atoms with van der Waals surface area (Å²) in [6.07, 6.45) is 0.972. The number of anilines is 1. The predicted octanol–water partition coefficient (Wildman–Crippen LogP) is 4.74. The molecule has 0 aliphatic heterocycles. The van der Waals surface area contributed by atoms with Gasteiger partial charge in [-0.05, 0) is 54.7 Å². The lowest BCUT2D eigenvalue weighted by Gasteiger charge is -2.35. The van der Waals surface area contributed by atoms with Gasteiger partial charge in [-0.15, -0.1) is 0 Å². The molecule has 3 aromatic rings. The molecule has 0 aromatic heterocycles. The van der Waals surface area contributed by atoms with Gasteiger partial charge < -0.3 is 10.2 Å². The molecular weight excluding hydrogens is 560 g/mol. The molecule has 3 rings (SSSR count). The van der Waals surface area contributed by atoms with Crippen LogP contribution in [0.5, 0.6) is 0 Å². The van der Waals surface area contributed by atoms with E-state index in [4.69, 9.17) is 11.6 Å². The highest BCUT2D eigenvalue weighted by molar-refractivity contribution is 7.90. The Balaban J connectivity index is 2.13. The van der Waals surface area contributed by atoms with Crippen molar-refractivity contribution in [1.82, 2.24) is 14.5 Å². The standard InChI is InChI=1S/C31H39ClN4O4S/c1-6-18-33-31(38)29(20-25-12-8-7-9-13-25)35(21-26-14-10-11-15-27(26)32)30(37)22-36(41(39,40)34(4)5)28-19-23(2)16-17-24(28)3/h7-17,19,29H,6,18,20-22H2,1-5H3,(H,33,38). The zero-order chi connectivity index (χ0) is 30.2. The minimum Gasteiger partial charge on any atom is -0.354 e. The van der Waals surface area contributed by atoms with Gasteiger partial charge in [-0.2, -0.15) is 12.7 Å². The van der Waals surface area contributed by atoms with Crippen LogP contribution < -0.4 is 9.62 Å². The summed E-state index contributed by atoms with van der Waals surface area (Å²) < 4.78 is 29.4. The summed E-state index contributed by atoms with van der Waals surface area (Å²) >= 11 is 6.50. The zero-order valence-electron chi connectivity index (χ0n) is 24.3. The van der Waals surface area contributed by atoms with Gasteiger partial charge in [-0.3, -0.25) is 9.59 Å². The molecule has 0 fully saturated rings. The van der Waals surface area contributed by atoms with Crippen LogP contribution in [-0.4, -0.2) is 62.7 Å². The van der Waals surface area contributed by atoms with Crippen LogP contribution in [0.2, 0.25) is 5.02 Å². The molecule has 220 valence electrons. The molecule has 10 heteroatoms. The lowest BCUT2D eigenvalue weighted by molar-refractivity contribution is -0.140. The first-order valence-corrected chi connectivity index (χ1v) is 15.3. The number of carbonyl (C=O) groups is 2. The minimum absolute atomic E-state index is 0.0260. The maximum absolute atomic E-state index is 14.3. The van der Waals surface area contributed by atoms with Gasteiger partial charge >= 0.3 is 10.2 Å². The largest absolute Gasteiger partial charge is 0.354 e. The van der Waals surface area contributed by atoms with E-state index in [-0.39, 0.29) is 18.9 Å². The Kier molecular flexibility index (Phi) is 11.3. The number of rotatable bonds is 13. The Morgan fingerprint density at radius 2 is 1.61 bits per heavy atom. The normalized spacial score (nSPS) is 12.2. The van der Waals surface area contributed by atoms with Crippen molar-refractivity contribution in [3.8, 4) is 0 Å². The van der Waals surface area contributed by atoms with Crippen molar-refractivity contribution >= 4 is 39.3 Å². The van der Waals surface area contributed by atoms with Crippen LogP contribution in [0.3, 0.4) is 0 Å². The minimum atomic E-state index is -4.07. The first-order valence-electron chi connectivity index (χ1n) is 13.6. The smallest absolute Gasteiger partial charge is 0.304 e. The van der Waals surface area contributed by atoms with E-state index in [1.54, 1.807) is 31.2 Å². The van der Waals surface area contributed by atoms with Crippen LogP contribution in [0.25, 0.3) is 0 Å². The van der Waals surface area contributed by atoms with Crippen molar-refractivity contribution in [2.45, 2.75) is 46.2 Å². The van der Waals surface area contributed by atoms with E-state index in [0.29, 0.717) is 28.4 Å². The molecule has 1 atom stereocenters. The molecule has 8 nitrogen and oxygen atoms in total. The number of nitrogens with zero attached hydrogens (tertiary/aromatic N) is 3. The fourth-order valence-electron chi connectivity index (χ4n) is 4.42. The third kappa shape index (κ3) is 8.31. The second-order valence-electron chi connectivity index (χ2n) is 10.2. The topological polar surface area (TPSA) is 90.0 Å². The van der Waals surface area contributed by atoms with Crippen LogP contribution in [0, 0.1) is 13.8 Å². The van der Waals surface area contributed by atoms with E-state index in [0.717, 1.165) is 26.2 Å². The van der Waals surface area contributed by atoms with E-state index in [1.165, 1.54) is 19.0 Å². The second-order valence-corrected chi connectivity index (χ2v) is 12.7. The van der Waals surface area contributed by atoms with E-state index < -0.39 is 28.7 Å². The van der Waals surface area contributed by atoms with Crippen molar-refractivity contribution in [1.29, 1.82) is 0 Å². The summed E-state index contributed by atoms with van der Waals surface area (Å²) in [6.45, 7) is 5.59. The van der Waals surface area contributed by atoms with Gasteiger partial charge in [0.2, 0.25) is 11.8 Å². The summed E-state index contributed by atoms with van der Waals surface area (Å²) in [5.41, 5.74) is 3.48. The van der Waals surface area contributed by atoms with E-state index in [2.05, 4.69) is 5.32 Å². The van der Waals surface area contributed by atoms with Crippen LogP contribution in [0.4, 0.5) is 5.69 Å². The molecule has 0 saturated carbocycles. The Hall–Kier alpha value is -3.40. The number of aryl methyl sites for hydroxylation is 2. The van der Waals surface area contributed by atoms with E-state index in [1.807, 2.05) is 62.4 Å². The van der Waals surface area contributed by atoms with Crippen molar-refractivity contribution < 1.29 is 18.0 Å². The maximum atomic E-state index is 14.3. The SMILES string of the molecule is CCCNC(=O)C(Cc1ccccc1)N(Cc1ccccc1Cl)C(=O)CN(c1cc(C)ccc1C)S(=O)(=O)N(C)C. The Morgan fingerprint density at radius 3 is 2.24 bits per heavy atom. The van der Waals surface area contributed by atoms with Crippen LogP contribution >= 0.6 is 11.6 Å². The van der Waals surface area contributed by atoms with Gasteiger partial charge in [0.25, 0.3) is 0 Å². The molecule has 41 heavy (non-hydrogen) atoms. The Morgan fingerprint density at radius 1 is 0.951 bits per heavy atom. The highest BCUT2D eigenvalue weighted by atomic mass is 35.5. The summed E-state index contributed by atoms with van der Waals surface area (Å²) in [4.78, 5) is 29.4. The molecule has 0 saturated heterocycles. The van der Waals surface area contributed by atoms with Crippen molar-refractivity contribution in [3.05, 3.63) is 100 Å². The molecule has 1 unspecified atom stereocenters. The van der Waals surface area contributed by atoms with Crippen molar-refractivity contribution in [2.24, 2.45) is 0 Å². The molecule has 2 amide bonds. The van der Waals surface area contributed by atoms with Gasteiger partial charge in [0.15, 0.2) is 0 Å². The Bertz CT molecular complexity index is 1450. The number of amides is 2. The molecule has 0 aliphatic carbocycles. The molecule has 0 aliphatic rings. The third-order valence-electron chi connectivity index (χ3n) is 6.77. The van der Waals surface area contributed by atoms with Gasteiger partial charge in [-0.1, -0.05) is 79.2 Å². The summed E-state index contributed by atoms with van der Waals surface area (Å²) in [7, 11) is -1.21. The van der Waals surface area contributed by atoms with E-state index >= 15 is 0 Å².